The van der Waals surface area contributed by atoms with Crippen LogP contribution >= 0.6 is 0 Å². The third-order valence-electron chi connectivity index (χ3n) is 3.50. The van der Waals surface area contributed by atoms with Crippen LogP contribution in [-0.4, -0.2) is 23.3 Å². The van der Waals surface area contributed by atoms with E-state index in [4.69, 9.17) is 4.74 Å². The van der Waals surface area contributed by atoms with E-state index in [-0.39, 0.29) is 11.7 Å². The first kappa shape index (κ1) is 14.4. The molecule has 1 N–H and O–H groups in total. The molecule has 0 bridgehead atoms. The quantitative estimate of drug-likeness (QED) is 0.872. The molecule has 20 heavy (non-hydrogen) atoms. The monoisotopic (exact) mass is 275 g/mol. The molecular formula is C15H21N3O2. The predicted molar refractivity (Wildman–Crippen MR) is 79.2 cm³/mol. The van der Waals surface area contributed by atoms with Crippen molar-refractivity contribution in [1.82, 2.24) is 14.5 Å². The van der Waals surface area contributed by atoms with Crippen molar-refractivity contribution in [2.24, 2.45) is 0 Å². The van der Waals surface area contributed by atoms with Gasteiger partial charge in [0.05, 0.1) is 13.2 Å². The minimum atomic E-state index is 0.0289. The summed E-state index contributed by atoms with van der Waals surface area (Å²) >= 11 is 0. The highest BCUT2D eigenvalue weighted by Crippen LogP contribution is 2.18. The summed E-state index contributed by atoms with van der Waals surface area (Å²) in [5, 5.41) is 3.25. The van der Waals surface area contributed by atoms with Crippen LogP contribution in [0.2, 0.25) is 0 Å². The van der Waals surface area contributed by atoms with Crippen molar-refractivity contribution < 1.29 is 4.74 Å². The van der Waals surface area contributed by atoms with Crippen molar-refractivity contribution in [3.8, 4) is 5.75 Å². The first-order valence-corrected chi connectivity index (χ1v) is 6.76. The zero-order valence-corrected chi connectivity index (χ0v) is 12.2. The van der Waals surface area contributed by atoms with Crippen molar-refractivity contribution >= 4 is 0 Å². The number of hydrogen-bond donors (Lipinski definition) is 1. The Morgan fingerprint density at radius 2 is 1.85 bits per heavy atom. The van der Waals surface area contributed by atoms with Crippen molar-refractivity contribution in [1.29, 1.82) is 0 Å². The van der Waals surface area contributed by atoms with Crippen molar-refractivity contribution in [3.63, 3.8) is 0 Å². The van der Waals surface area contributed by atoms with Crippen LogP contribution in [0.4, 0.5) is 0 Å². The van der Waals surface area contributed by atoms with Crippen LogP contribution in [0.3, 0.4) is 0 Å². The molecule has 0 aliphatic carbocycles. The highest BCUT2D eigenvalue weighted by molar-refractivity contribution is 5.29. The van der Waals surface area contributed by atoms with Crippen LogP contribution < -0.4 is 15.7 Å². The zero-order valence-electron chi connectivity index (χ0n) is 12.2. The van der Waals surface area contributed by atoms with Gasteiger partial charge in [0.1, 0.15) is 5.75 Å². The molecule has 0 spiro atoms. The van der Waals surface area contributed by atoms with Crippen molar-refractivity contribution in [2.75, 3.05) is 14.2 Å². The molecule has 5 nitrogen and oxygen atoms in total. The van der Waals surface area contributed by atoms with Crippen molar-refractivity contribution in [3.05, 3.63) is 52.7 Å². The Morgan fingerprint density at radius 3 is 2.35 bits per heavy atom. The maximum Gasteiger partial charge on any atom is 0.328 e. The van der Waals surface area contributed by atoms with Crippen molar-refractivity contribution in [2.45, 2.75) is 26.1 Å². The molecule has 1 atom stereocenters. The Hall–Kier alpha value is -2.01. The Labute approximate surface area is 118 Å². The van der Waals surface area contributed by atoms with Crippen LogP contribution in [0.25, 0.3) is 0 Å². The number of ether oxygens (including phenoxy) is 1. The van der Waals surface area contributed by atoms with E-state index in [0.717, 1.165) is 11.3 Å². The van der Waals surface area contributed by atoms with E-state index in [0.29, 0.717) is 13.1 Å². The van der Waals surface area contributed by atoms with E-state index in [9.17, 15) is 4.79 Å². The molecule has 5 heteroatoms. The van der Waals surface area contributed by atoms with Gasteiger partial charge in [-0.25, -0.2) is 4.79 Å². The smallest absolute Gasteiger partial charge is 0.328 e. The van der Waals surface area contributed by atoms with Gasteiger partial charge in [-0.2, -0.15) is 0 Å². The summed E-state index contributed by atoms with van der Waals surface area (Å²) in [6, 6.07) is 7.98. The van der Waals surface area contributed by atoms with Gasteiger partial charge in [-0.1, -0.05) is 12.1 Å². The second-order valence-electron chi connectivity index (χ2n) is 4.63. The van der Waals surface area contributed by atoms with Gasteiger partial charge in [0, 0.05) is 25.5 Å². The molecule has 1 aromatic carbocycles. The van der Waals surface area contributed by atoms with E-state index < -0.39 is 0 Å². The summed E-state index contributed by atoms with van der Waals surface area (Å²) in [5.74, 6) is 0.831. The number of aromatic nitrogens is 2. The number of likely N-dealkylation sites (N-methyl/N-ethyl adjacent to an activating group) is 1. The highest BCUT2D eigenvalue weighted by Gasteiger charge is 2.12. The topological polar surface area (TPSA) is 48.2 Å². The molecule has 0 saturated carbocycles. The highest BCUT2D eigenvalue weighted by atomic mass is 16.5. The van der Waals surface area contributed by atoms with Gasteiger partial charge in [0.15, 0.2) is 0 Å². The first-order chi connectivity index (χ1) is 9.69. The lowest BCUT2D eigenvalue weighted by Crippen LogP contribution is -2.29. The van der Waals surface area contributed by atoms with Gasteiger partial charge in [0.25, 0.3) is 0 Å². The third kappa shape index (κ3) is 2.93. The number of benzene rings is 1. The van der Waals surface area contributed by atoms with E-state index in [1.165, 1.54) is 0 Å². The second kappa shape index (κ2) is 6.43. The summed E-state index contributed by atoms with van der Waals surface area (Å²) in [4.78, 5) is 12.1. The molecule has 108 valence electrons. The molecule has 0 fully saturated rings. The van der Waals surface area contributed by atoms with Crippen LogP contribution in [0, 0.1) is 0 Å². The van der Waals surface area contributed by atoms with Gasteiger partial charge in [-0.15, -0.1) is 0 Å². The molecule has 0 radical (unpaired) electrons. The van der Waals surface area contributed by atoms with Crippen LogP contribution in [0.5, 0.6) is 5.75 Å². The Kier molecular flexibility index (Phi) is 4.63. The largest absolute Gasteiger partial charge is 0.497 e. The fourth-order valence-corrected chi connectivity index (χ4v) is 2.23. The van der Waals surface area contributed by atoms with E-state index in [1.807, 2.05) is 50.6 Å². The summed E-state index contributed by atoms with van der Waals surface area (Å²) < 4.78 is 8.59. The Balaban J connectivity index is 2.19. The number of rotatable bonds is 6. The lowest BCUT2D eigenvalue weighted by atomic mass is 10.1. The minimum Gasteiger partial charge on any atom is -0.497 e. The van der Waals surface area contributed by atoms with Gasteiger partial charge in [-0.05, 0) is 31.7 Å². The van der Waals surface area contributed by atoms with E-state index in [1.54, 1.807) is 16.2 Å². The molecule has 0 amide bonds. The molecule has 0 saturated heterocycles. The fraction of sp³-hybridized carbons (Fsp3) is 0.400. The predicted octanol–water partition coefficient (Wildman–Crippen LogP) is 1.64. The lowest BCUT2D eigenvalue weighted by Gasteiger charge is -2.17. The second-order valence-corrected chi connectivity index (χ2v) is 4.63. The lowest BCUT2D eigenvalue weighted by molar-refractivity contribution is 0.414. The Bertz CT molecular complexity index is 598. The molecule has 1 aromatic heterocycles. The molecule has 1 unspecified atom stereocenters. The number of methoxy groups -OCH3 is 1. The Morgan fingerprint density at radius 1 is 1.20 bits per heavy atom. The van der Waals surface area contributed by atoms with Crippen LogP contribution in [0.1, 0.15) is 18.5 Å². The minimum absolute atomic E-state index is 0.0289. The van der Waals surface area contributed by atoms with Gasteiger partial charge < -0.3 is 10.1 Å². The average Bonchev–Trinajstić information content (AvgIpc) is 2.85. The number of nitrogens with one attached hydrogen (secondary N) is 1. The van der Waals surface area contributed by atoms with E-state index in [2.05, 4.69) is 5.32 Å². The maximum atomic E-state index is 12.1. The standard InChI is InChI=1S/C15H21N3O2/c1-4-17-9-10-18(15(17)19)11-14(16-2)12-5-7-13(20-3)8-6-12/h5-10,14,16H,4,11H2,1-3H3. The molecule has 2 aromatic rings. The maximum absolute atomic E-state index is 12.1. The average molecular weight is 275 g/mol. The summed E-state index contributed by atoms with van der Waals surface area (Å²) in [7, 11) is 3.55. The van der Waals surface area contributed by atoms with Gasteiger partial charge in [0.2, 0.25) is 0 Å². The van der Waals surface area contributed by atoms with Gasteiger partial charge in [-0.3, -0.25) is 9.13 Å². The number of hydrogen-bond acceptors (Lipinski definition) is 3. The first-order valence-electron chi connectivity index (χ1n) is 6.76. The molecule has 0 aliphatic heterocycles. The molecule has 0 aliphatic rings. The van der Waals surface area contributed by atoms with Gasteiger partial charge >= 0.3 is 5.69 Å². The normalized spacial score (nSPS) is 12.3. The van der Waals surface area contributed by atoms with Crippen LogP contribution in [0.15, 0.2) is 41.5 Å². The summed E-state index contributed by atoms with van der Waals surface area (Å²) in [6.45, 7) is 3.26. The SMILES string of the molecule is CCn1ccn(CC(NC)c2ccc(OC)cc2)c1=O. The number of aryl methyl sites for hydroxylation is 1. The number of nitrogens with zero attached hydrogens (tertiary/aromatic N) is 2. The van der Waals surface area contributed by atoms with E-state index >= 15 is 0 Å². The zero-order chi connectivity index (χ0) is 14.5. The summed E-state index contributed by atoms with van der Waals surface area (Å²) in [6.07, 6.45) is 3.66. The number of imidazole rings is 1. The third-order valence-corrected chi connectivity index (χ3v) is 3.50. The molecule has 1 heterocycles. The molecular weight excluding hydrogens is 254 g/mol. The van der Waals surface area contributed by atoms with Crippen LogP contribution in [-0.2, 0) is 13.1 Å². The molecule has 2 rings (SSSR count). The summed E-state index contributed by atoms with van der Waals surface area (Å²) in [5.41, 5.74) is 1.16. The fourth-order valence-electron chi connectivity index (χ4n) is 2.23.